The average molecular weight is 1940 g/mol. The molecule has 10 heterocycles. The zero-order chi connectivity index (χ0) is 96.9. The summed E-state index contributed by atoms with van der Waals surface area (Å²) in [5.41, 5.74) is 0. The Hall–Kier alpha value is -5.07. The number of aliphatic hydroxyl groups excluding tert-OH is 26. The minimum absolute atomic E-state index is 0.820. The summed E-state index contributed by atoms with van der Waals surface area (Å²) in [4.78, 5) is 76.8. The molecule has 10 aliphatic heterocycles. The first-order chi connectivity index (χ1) is 61.7. The second kappa shape index (κ2) is 46.6. The molecule has 32 N–H and O–H groups in total. The highest BCUT2D eigenvalue weighted by Crippen LogP contribution is 2.42. The van der Waals surface area contributed by atoms with Crippen molar-refractivity contribution in [2.75, 3.05) is 59.5 Å². The van der Waals surface area contributed by atoms with Gasteiger partial charge in [0.25, 0.3) is 0 Å². The second-order valence-corrected chi connectivity index (χ2v) is 33.3. The molecule has 131 heavy (non-hydrogen) atoms. The summed E-state index contributed by atoms with van der Waals surface area (Å²) in [6.45, 7) is -6.26. The molecule has 0 aromatic heterocycles. The van der Waals surface area contributed by atoms with Gasteiger partial charge in [-0.05, 0) is 0 Å². The Morgan fingerprint density at radius 3 is 0.924 bits per heavy atom. The van der Waals surface area contributed by atoms with Gasteiger partial charge in [-0.3, -0.25) is 28.5 Å². The Balaban J connectivity index is 1.01. The third-order valence-corrected chi connectivity index (χ3v) is 23.4. The number of hydrogen-bond acceptors (Lipinski definition) is 54. The van der Waals surface area contributed by atoms with E-state index in [4.69, 9.17) is 94.6 Å². The number of carbonyl (C=O) groups is 6. The lowest BCUT2D eigenvalue weighted by atomic mass is 9.93. The van der Waals surface area contributed by atoms with Crippen LogP contribution in [-0.4, -0.2) is 547 Å². The molecule has 0 aliphatic carbocycles. The Morgan fingerprint density at radius 1 is 0.252 bits per heavy atom. The fourth-order valence-corrected chi connectivity index (χ4v) is 16.8. The monoisotopic (exact) mass is 1940 g/mol. The van der Waals surface area contributed by atoms with E-state index < -0.39 is 412 Å². The van der Waals surface area contributed by atoms with Gasteiger partial charge in [0.2, 0.25) is 29.5 Å². The van der Waals surface area contributed by atoms with Crippen LogP contribution in [0.5, 0.6) is 0 Å². The summed E-state index contributed by atoms with van der Waals surface area (Å²) in [6, 6.07) is -9.64. The van der Waals surface area contributed by atoms with Crippen molar-refractivity contribution in [3.8, 4) is 0 Å². The maximum absolute atomic E-state index is 13.3. The number of amides is 5. The van der Waals surface area contributed by atoms with E-state index in [1.807, 2.05) is 0 Å². The summed E-state index contributed by atoms with van der Waals surface area (Å²) in [5.74, 6) is -6.89. The van der Waals surface area contributed by atoms with E-state index in [0.29, 0.717) is 0 Å². The Morgan fingerprint density at radius 2 is 0.527 bits per heavy atom. The molecule has 10 saturated heterocycles. The molecule has 0 saturated carbocycles. The molecule has 50 atom stereocenters. The highest BCUT2D eigenvalue weighted by molar-refractivity contribution is 7.81. The molecule has 10 aliphatic rings. The van der Waals surface area contributed by atoms with Gasteiger partial charge in [0.05, 0.1) is 59.5 Å². The van der Waals surface area contributed by atoms with Crippen LogP contribution in [0, 0.1) is 0 Å². The van der Waals surface area contributed by atoms with Crippen LogP contribution in [0.4, 0.5) is 0 Å². The first-order valence-corrected chi connectivity index (χ1v) is 42.2. The molecule has 60 nitrogen and oxygen atoms in total. The fourth-order valence-electron chi connectivity index (χ4n) is 16.5. The molecule has 0 bridgehead atoms. The lowest BCUT2D eigenvalue weighted by Crippen LogP contribution is -2.71. The van der Waals surface area contributed by atoms with E-state index >= 15 is 0 Å². The number of hydrogen-bond donors (Lipinski definition) is 32. The minimum Gasteiger partial charge on any atom is -0.394 e. The normalized spacial score (nSPS) is 47.1. The van der Waals surface area contributed by atoms with Crippen LogP contribution < -0.4 is 26.6 Å². The van der Waals surface area contributed by atoms with Crippen LogP contribution in [0.2, 0.25) is 0 Å². The third-order valence-electron chi connectivity index (χ3n) is 23.0. The summed E-state index contributed by atoms with van der Waals surface area (Å²) in [6.07, 6.45) is -101. The van der Waals surface area contributed by atoms with Gasteiger partial charge < -0.3 is 254 Å². The van der Waals surface area contributed by atoms with Gasteiger partial charge in [-0.1, -0.05) is 0 Å². The lowest BCUT2D eigenvalue weighted by molar-refractivity contribution is -0.405. The zero-order valence-corrected chi connectivity index (χ0v) is 70.5. The first kappa shape index (κ1) is 108. The van der Waals surface area contributed by atoms with E-state index in [9.17, 15) is 170 Å². The van der Waals surface area contributed by atoms with Crippen molar-refractivity contribution in [3.05, 3.63) is 0 Å². The summed E-state index contributed by atoms with van der Waals surface area (Å²) in [5, 5.41) is 306. The Bertz CT molecular complexity index is 3810. The van der Waals surface area contributed by atoms with Crippen molar-refractivity contribution in [1.29, 1.82) is 0 Å². The van der Waals surface area contributed by atoms with E-state index in [1.54, 1.807) is 0 Å². The van der Waals surface area contributed by atoms with E-state index in [1.165, 1.54) is 0 Å². The molecular weight excluding hydrogens is 1820 g/mol. The molecule has 61 heteroatoms. The molecule has 10 rings (SSSR count). The van der Waals surface area contributed by atoms with Crippen molar-refractivity contribution in [3.63, 3.8) is 0 Å². The molecule has 0 aromatic carbocycles. The third kappa shape index (κ3) is 24.6. The number of carbonyl (C=O) groups excluding carboxylic acids is 6. The standard InChI is InChI=1S/C70H115N5O55S/c1-15(84)71-29-41(96)51(24(10-80)112-60(29)106)121-64-32(74-18(4)87)42(97)53(26(12-82)117-64)124-68-50(105)56(38(93)28(120-68)14-111-69-58(45(100)36(91)22(8-78)116-69)128-62-30(72-16(2)85)39(94)34(89)20(6-76)113-62)126-70-59(129-63-31(73-17(3)86)40(95)35(90)21(7-77)114-63)48(103)54(27(13-83)119-70)122-65-33(75-19(5)88)43(98)52(25(11-81)118-65)123-67-49(104)55(37(92)23(9-79)115-67)125-66-47(102)44(99)46(101)57(127-66)61(107)130-131(108,109)110/h20-60,62-70,76-83,89-106H,6-14H2,1-5H3,(H,71,84)(H,72,85)(H,73,86)(H,74,87)(H,75,88)(H,108,109,110)/t20-,21-,22-,23-,24-,25-,26-,27-,28-,29-,30-,31-,32-,33-,34-,35-,36-,37+,38-,39-,40-,41-,42-,43-,44+,45+,46+,47-,48+,49-,50+,51-,52-,53-,54-,55+,56+,57+,58+,59+,60-,62+,63+,64+,65+,66-,67+,68+,69+,70-/m1/s1. The second-order valence-electron chi connectivity index (χ2n) is 32.2. The van der Waals surface area contributed by atoms with Crippen LogP contribution in [0.1, 0.15) is 34.6 Å². The highest BCUT2D eigenvalue weighted by atomic mass is 32.3. The van der Waals surface area contributed by atoms with Crippen LogP contribution in [0.15, 0.2) is 0 Å². The van der Waals surface area contributed by atoms with Gasteiger partial charge in [-0.2, -0.15) is 8.42 Å². The van der Waals surface area contributed by atoms with Gasteiger partial charge in [0.15, 0.2) is 69.0 Å². The van der Waals surface area contributed by atoms with Crippen molar-refractivity contribution in [1.82, 2.24) is 26.6 Å². The van der Waals surface area contributed by atoms with Gasteiger partial charge in [0, 0.05) is 34.6 Å². The molecule has 0 unspecified atom stereocenters. The minimum atomic E-state index is -5.64. The zero-order valence-electron chi connectivity index (χ0n) is 69.6. The fraction of sp³-hybridized carbons (Fsp3) is 0.914. The van der Waals surface area contributed by atoms with Crippen molar-refractivity contribution in [2.24, 2.45) is 0 Å². The van der Waals surface area contributed by atoms with Crippen molar-refractivity contribution >= 4 is 45.9 Å². The number of nitrogens with one attached hydrogen (secondary N) is 5. The number of ether oxygens (including phenoxy) is 19. The largest absolute Gasteiger partial charge is 0.449 e. The summed E-state index contributed by atoms with van der Waals surface area (Å²) >= 11 is 0. The topological polar surface area (TPSA) is 928 Å². The number of rotatable bonds is 34. The Kier molecular flexibility index (Phi) is 38.4. The van der Waals surface area contributed by atoms with Crippen LogP contribution in [0.25, 0.3) is 0 Å². The van der Waals surface area contributed by atoms with Gasteiger partial charge in [-0.25, -0.2) is 4.79 Å². The summed E-state index contributed by atoms with van der Waals surface area (Å²) < 4.78 is 149. The number of aliphatic hydroxyl groups is 26. The van der Waals surface area contributed by atoms with Crippen LogP contribution >= 0.6 is 0 Å². The highest BCUT2D eigenvalue weighted by Gasteiger charge is 2.63. The first-order valence-electron chi connectivity index (χ1n) is 40.8. The Labute approximate surface area is 739 Å². The van der Waals surface area contributed by atoms with Gasteiger partial charge >= 0.3 is 16.4 Å². The lowest BCUT2D eigenvalue weighted by Gasteiger charge is -2.52. The molecule has 0 radical (unpaired) electrons. The predicted octanol–water partition coefficient (Wildman–Crippen LogP) is -22.7. The molecule has 10 fully saturated rings. The average Bonchev–Trinajstić information content (AvgIpc) is 0.753. The van der Waals surface area contributed by atoms with E-state index in [-0.39, 0.29) is 0 Å². The van der Waals surface area contributed by atoms with Crippen molar-refractivity contribution in [2.45, 2.75) is 341 Å². The SMILES string of the molecule is CC(=O)N[C@@H]1[C@@H](O)[C@H](O[C@@H]2O[C@H](CO)[C@@H](O[C@@H]3O[C@H](CO[C@H]4O[C@H](CO)[C@@H](O)[C@H](O)[C@@H]4O[C@@H]4O[C@H](CO)[C@@H](O)[C@H](O)[C@H]4NC(C)=O)[C@@H](O)[C@H](O[C@H]4O[C@H](CO)[C@@H](O[C@@H]5O[C@H](CO)[C@@H](O[C@@H]6O[C@H](CO)[C@H](O)[C@H](O[C@@H]7O[C@H](C(=O)OS(=O)(=O)O)[C@@H](O)[C@H](O)[C@H]7O)[C@H]6O)[C@H](O)[C@H]5NC(C)=O)[C@H](O)[C@@H]4O[C@@H]4O[C@H](CO)[C@@H](O)[C@H](O)[C@H]4NC(C)=O)[C@@H]3O)[C@H](O)[C@H]2NC(C)=O)[C@@H](CO)O[C@H]1O. The van der Waals surface area contributed by atoms with E-state index in [2.05, 4.69) is 30.8 Å². The maximum atomic E-state index is 13.3. The molecule has 0 aromatic rings. The van der Waals surface area contributed by atoms with Gasteiger partial charge in [-0.15, -0.1) is 0 Å². The molecular formula is C70H115N5O55S. The van der Waals surface area contributed by atoms with Crippen molar-refractivity contribution < 1.29 is 269 Å². The van der Waals surface area contributed by atoms with Gasteiger partial charge in [0.1, 0.15) is 238 Å². The van der Waals surface area contributed by atoms with Crippen LogP contribution in [0.3, 0.4) is 0 Å². The molecule has 0 spiro atoms. The smallest absolute Gasteiger partial charge is 0.394 e. The van der Waals surface area contributed by atoms with E-state index in [0.717, 1.165) is 34.6 Å². The quantitative estimate of drug-likeness (QED) is 0.0266. The predicted molar refractivity (Wildman–Crippen MR) is 398 cm³/mol. The van der Waals surface area contributed by atoms with Crippen LogP contribution in [-0.2, 0) is 133 Å². The molecule has 5 amide bonds. The summed E-state index contributed by atoms with van der Waals surface area (Å²) in [7, 11) is -5.64. The molecule has 756 valence electrons. The maximum Gasteiger partial charge on any atom is 0.449 e.